The minimum Gasteiger partial charge on any atom is -0.467 e. The highest BCUT2D eigenvalue weighted by molar-refractivity contribution is 7.99. The van der Waals surface area contributed by atoms with Crippen LogP contribution in [0.3, 0.4) is 0 Å². The van der Waals surface area contributed by atoms with Gasteiger partial charge in [-0.3, -0.25) is 4.79 Å². The predicted octanol–water partition coefficient (Wildman–Crippen LogP) is 3.51. The van der Waals surface area contributed by atoms with Gasteiger partial charge in [0.15, 0.2) is 0 Å². The summed E-state index contributed by atoms with van der Waals surface area (Å²) in [6.45, 7) is 2.10. The summed E-state index contributed by atoms with van der Waals surface area (Å²) in [4.78, 5) is 13.0. The highest BCUT2D eigenvalue weighted by Crippen LogP contribution is 2.26. The molecule has 0 saturated heterocycles. The van der Waals surface area contributed by atoms with Gasteiger partial charge in [0.05, 0.1) is 18.4 Å². The fourth-order valence-electron chi connectivity index (χ4n) is 1.82. The van der Waals surface area contributed by atoms with Crippen molar-refractivity contribution >= 4 is 29.3 Å². The number of thioether (sulfide) groups is 1. The molecule has 2 aromatic rings. The summed E-state index contributed by atoms with van der Waals surface area (Å²) in [6, 6.07) is 8.49. The molecule has 4 nitrogen and oxygen atoms in total. The number of halogens is 1. The molecule has 1 heterocycles. The van der Waals surface area contributed by atoms with Crippen molar-refractivity contribution in [2.75, 3.05) is 12.3 Å². The topological polar surface area (TPSA) is 62.5 Å². The molecule has 0 radical (unpaired) electrons. The standard InChI is InChI=1S/C15H16ClNO3S/c1-2-21-14-8-10(16)5-6-11(14)15(19)17-9-12(18)13-4-3-7-20-13/h3-8,12,18H,2,9H2,1H3,(H,17,19). The van der Waals surface area contributed by atoms with E-state index in [9.17, 15) is 9.90 Å². The van der Waals surface area contributed by atoms with Gasteiger partial charge in [-0.2, -0.15) is 0 Å². The summed E-state index contributed by atoms with van der Waals surface area (Å²) < 4.78 is 5.09. The Labute approximate surface area is 132 Å². The summed E-state index contributed by atoms with van der Waals surface area (Å²) in [5, 5.41) is 13.2. The molecule has 1 unspecified atom stereocenters. The van der Waals surface area contributed by atoms with Crippen molar-refractivity contribution in [3.05, 3.63) is 52.9 Å². The second-order valence-corrected chi connectivity index (χ2v) is 6.06. The molecule has 1 aromatic heterocycles. The molecule has 1 amide bonds. The molecular formula is C15H16ClNO3S. The van der Waals surface area contributed by atoms with E-state index in [1.54, 1.807) is 42.1 Å². The zero-order valence-electron chi connectivity index (χ0n) is 11.5. The van der Waals surface area contributed by atoms with Gasteiger partial charge in [-0.1, -0.05) is 18.5 Å². The molecule has 2 N–H and O–H groups in total. The van der Waals surface area contributed by atoms with Crippen LogP contribution in [0.1, 0.15) is 29.1 Å². The summed E-state index contributed by atoms with van der Waals surface area (Å²) in [7, 11) is 0. The van der Waals surface area contributed by atoms with E-state index >= 15 is 0 Å². The Balaban J connectivity index is 2.03. The number of aliphatic hydroxyl groups excluding tert-OH is 1. The molecule has 0 spiro atoms. The van der Waals surface area contributed by atoms with Crippen molar-refractivity contribution < 1.29 is 14.3 Å². The van der Waals surface area contributed by atoms with Crippen LogP contribution in [0, 0.1) is 0 Å². The minimum absolute atomic E-state index is 0.0885. The van der Waals surface area contributed by atoms with Crippen LogP contribution in [0.15, 0.2) is 45.9 Å². The van der Waals surface area contributed by atoms with Gasteiger partial charge in [-0.25, -0.2) is 0 Å². The SMILES string of the molecule is CCSc1cc(Cl)ccc1C(=O)NCC(O)c1ccco1. The van der Waals surface area contributed by atoms with E-state index in [1.165, 1.54) is 6.26 Å². The van der Waals surface area contributed by atoms with Gasteiger partial charge in [0.25, 0.3) is 5.91 Å². The Morgan fingerprint density at radius 2 is 2.29 bits per heavy atom. The van der Waals surface area contributed by atoms with Gasteiger partial charge in [-0.15, -0.1) is 11.8 Å². The first-order valence-electron chi connectivity index (χ1n) is 6.53. The molecule has 0 fully saturated rings. The molecule has 0 aliphatic heterocycles. The van der Waals surface area contributed by atoms with Gasteiger partial charge in [0.1, 0.15) is 11.9 Å². The third kappa shape index (κ3) is 4.27. The van der Waals surface area contributed by atoms with Crippen LogP contribution in [0.4, 0.5) is 0 Å². The van der Waals surface area contributed by atoms with E-state index in [2.05, 4.69) is 5.32 Å². The highest BCUT2D eigenvalue weighted by atomic mass is 35.5. The number of hydrogen-bond acceptors (Lipinski definition) is 4. The van der Waals surface area contributed by atoms with Gasteiger partial charge in [-0.05, 0) is 36.1 Å². The van der Waals surface area contributed by atoms with Crippen molar-refractivity contribution in [1.29, 1.82) is 0 Å². The maximum absolute atomic E-state index is 12.2. The fraction of sp³-hybridized carbons (Fsp3) is 0.267. The Hall–Kier alpha value is -1.43. The zero-order valence-corrected chi connectivity index (χ0v) is 13.1. The molecular weight excluding hydrogens is 310 g/mol. The number of carbonyl (C=O) groups excluding carboxylic acids is 1. The third-order valence-electron chi connectivity index (χ3n) is 2.82. The molecule has 0 aliphatic rings. The lowest BCUT2D eigenvalue weighted by molar-refractivity contribution is 0.0898. The van der Waals surface area contributed by atoms with Gasteiger partial charge in [0.2, 0.25) is 0 Å². The summed E-state index contributed by atoms with van der Waals surface area (Å²) >= 11 is 7.50. The predicted molar refractivity (Wildman–Crippen MR) is 83.9 cm³/mol. The number of hydrogen-bond donors (Lipinski definition) is 2. The average Bonchev–Trinajstić information content (AvgIpc) is 2.99. The molecule has 6 heteroatoms. The second-order valence-electron chi connectivity index (χ2n) is 4.31. The molecule has 0 bridgehead atoms. The van der Waals surface area contributed by atoms with Crippen molar-refractivity contribution in [3.63, 3.8) is 0 Å². The van der Waals surface area contributed by atoms with E-state index in [1.807, 2.05) is 6.92 Å². The fourth-order valence-corrected chi connectivity index (χ4v) is 2.90. The molecule has 0 aliphatic carbocycles. The average molecular weight is 326 g/mol. The molecule has 1 aromatic carbocycles. The van der Waals surface area contributed by atoms with Crippen LogP contribution in [0.2, 0.25) is 5.02 Å². The summed E-state index contributed by atoms with van der Waals surface area (Å²) in [5.41, 5.74) is 0.554. The highest BCUT2D eigenvalue weighted by Gasteiger charge is 2.15. The largest absolute Gasteiger partial charge is 0.467 e. The molecule has 112 valence electrons. The Morgan fingerprint density at radius 3 is 2.95 bits per heavy atom. The van der Waals surface area contributed by atoms with E-state index in [0.717, 1.165) is 10.6 Å². The lowest BCUT2D eigenvalue weighted by Gasteiger charge is -2.12. The Morgan fingerprint density at radius 1 is 1.48 bits per heavy atom. The Kier molecular flexibility index (Phi) is 5.73. The maximum atomic E-state index is 12.2. The number of amides is 1. The molecule has 0 saturated carbocycles. The van der Waals surface area contributed by atoms with Crippen LogP contribution in [-0.4, -0.2) is 23.3 Å². The van der Waals surface area contributed by atoms with Gasteiger partial charge >= 0.3 is 0 Å². The number of nitrogens with one attached hydrogen (secondary N) is 1. The lowest BCUT2D eigenvalue weighted by Crippen LogP contribution is -2.28. The molecule has 2 rings (SSSR count). The van der Waals surface area contributed by atoms with E-state index in [4.69, 9.17) is 16.0 Å². The normalized spacial score (nSPS) is 12.1. The Bertz CT molecular complexity index is 601. The molecule has 1 atom stereocenters. The van der Waals surface area contributed by atoms with Crippen LogP contribution >= 0.6 is 23.4 Å². The second kappa shape index (κ2) is 7.54. The van der Waals surface area contributed by atoms with Crippen molar-refractivity contribution in [2.24, 2.45) is 0 Å². The third-order valence-corrected chi connectivity index (χ3v) is 3.99. The quantitative estimate of drug-likeness (QED) is 0.798. The number of rotatable bonds is 6. The van der Waals surface area contributed by atoms with Gasteiger partial charge < -0.3 is 14.8 Å². The van der Waals surface area contributed by atoms with Gasteiger partial charge in [0, 0.05) is 9.92 Å². The number of benzene rings is 1. The lowest BCUT2D eigenvalue weighted by atomic mass is 10.2. The first kappa shape index (κ1) is 15.9. The zero-order chi connectivity index (χ0) is 15.2. The van der Waals surface area contributed by atoms with Crippen molar-refractivity contribution in [3.8, 4) is 0 Å². The van der Waals surface area contributed by atoms with E-state index < -0.39 is 6.10 Å². The smallest absolute Gasteiger partial charge is 0.252 e. The first-order chi connectivity index (χ1) is 10.1. The monoisotopic (exact) mass is 325 g/mol. The van der Waals surface area contributed by atoms with Crippen molar-refractivity contribution in [2.45, 2.75) is 17.9 Å². The number of carbonyl (C=O) groups is 1. The number of aliphatic hydroxyl groups is 1. The van der Waals surface area contributed by atoms with E-state index in [0.29, 0.717) is 16.3 Å². The molecule has 21 heavy (non-hydrogen) atoms. The van der Waals surface area contributed by atoms with E-state index in [-0.39, 0.29) is 12.5 Å². The van der Waals surface area contributed by atoms with Crippen molar-refractivity contribution in [1.82, 2.24) is 5.32 Å². The minimum atomic E-state index is -0.862. The number of furan rings is 1. The van der Waals surface area contributed by atoms with Crippen LogP contribution in [0.5, 0.6) is 0 Å². The van der Waals surface area contributed by atoms with Crippen LogP contribution in [0.25, 0.3) is 0 Å². The summed E-state index contributed by atoms with van der Waals surface area (Å²) in [6.07, 6.45) is 0.619. The first-order valence-corrected chi connectivity index (χ1v) is 7.90. The van der Waals surface area contributed by atoms with Crippen LogP contribution in [-0.2, 0) is 0 Å². The van der Waals surface area contributed by atoms with Crippen LogP contribution < -0.4 is 5.32 Å². The maximum Gasteiger partial charge on any atom is 0.252 e. The summed E-state index contributed by atoms with van der Waals surface area (Å²) in [5.74, 6) is 1.03.